The first-order valence-corrected chi connectivity index (χ1v) is 8.70. The number of thiophene rings is 1. The Morgan fingerprint density at radius 2 is 2.35 bits per heavy atom. The van der Waals surface area contributed by atoms with Crippen molar-refractivity contribution in [3.8, 4) is 6.07 Å². The molecule has 1 saturated heterocycles. The highest BCUT2D eigenvalue weighted by Crippen LogP contribution is 2.34. The molecule has 3 rings (SSSR count). The van der Waals surface area contributed by atoms with Crippen LogP contribution in [0.4, 0.5) is 5.69 Å². The van der Waals surface area contributed by atoms with Gasteiger partial charge in [0.2, 0.25) is 5.91 Å². The van der Waals surface area contributed by atoms with Crippen molar-refractivity contribution in [2.45, 2.75) is 18.9 Å². The van der Waals surface area contributed by atoms with Crippen molar-refractivity contribution in [1.29, 1.82) is 5.26 Å². The molecule has 0 saturated carbocycles. The van der Waals surface area contributed by atoms with E-state index in [1.807, 2.05) is 6.07 Å². The Morgan fingerprint density at radius 1 is 1.48 bits per heavy atom. The smallest absolute Gasteiger partial charge is 0.238 e. The monoisotopic (exact) mass is 345 g/mol. The molecule has 0 bridgehead atoms. The third-order valence-corrected chi connectivity index (χ3v) is 5.24. The summed E-state index contributed by atoms with van der Waals surface area (Å²) in [5, 5.41) is 14.2. The SMILES string of the molecule is N#Cc1ccc(NC(=O)CN2CCCC2c2cccs2)cc1Cl. The molecule has 1 unspecified atom stereocenters. The third-order valence-electron chi connectivity index (χ3n) is 3.96. The molecule has 1 N–H and O–H groups in total. The van der Waals surface area contributed by atoms with Gasteiger partial charge in [0.1, 0.15) is 6.07 Å². The molecule has 1 fully saturated rings. The number of hydrogen-bond acceptors (Lipinski definition) is 4. The molecule has 0 spiro atoms. The van der Waals surface area contributed by atoms with Crippen molar-refractivity contribution in [2.75, 3.05) is 18.4 Å². The predicted octanol–water partition coefficient (Wildman–Crippen LogP) is 4.05. The van der Waals surface area contributed by atoms with Gasteiger partial charge in [0.25, 0.3) is 0 Å². The van der Waals surface area contributed by atoms with Crippen molar-refractivity contribution in [2.24, 2.45) is 0 Å². The molecular formula is C17H16ClN3OS. The molecule has 2 heterocycles. The van der Waals surface area contributed by atoms with Gasteiger partial charge in [-0.25, -0.2) is 0 Å². The molecule has 4 nitrogen and oxygen atoms in total. The van der Waals surface area contributed by atoms with Crippen LogP contribution in [0, 0.1) is 11.3 Å². The van der Waals surface area contributed by atoms with Gasteiger partial charge in [0.15, 0.2) is 0 Å². The Kier molecular flexibility index (Phi) is 4.97. The number of carbonyl (C=O) groups is 1. The molecular weight excluding hydrogens is 330 g/mol. The lowest BCUT2D eigenvalue weighted by atomic mass is 10.2. The van der Waals surface area contributed by atoms with Gasteiger partial charge in [0, 0.05) is 16.6 Å². The van der Waals surface area contributed by atoms with Gasteiger partial charge in [-0.3, -0.25) is 9.69 Å². The number of hydrogen-bond donors (Lipinski definition) is 1. The number of nitrogens with one attached hydrogen (secondary N) is 1. The predicted molar refractivity (Wildman–Crippen MR) is 92.7 cm³/mol. The maximum atomic E-state index is 12.3. The third kappa shape index (κ3) is 3.73. The van der Waals surface area contributed by atoms with Crippen LogP contribution in [0.3, 0.4) is 0 Å². The van der Waals surface area contributed by atoms with Crippen molar-refractivity contribution in [1.82, 2.24) is 4.90 Å². The second-order valence-electron chi connectivity index (χ2n) is 5.50. The van der Waals surface area contributed by atoms with E-state index in [0.717, 1.165) is 19.4 Å². The number of benzene rings is 1. The van der Waals surface area contributed by atoms with E-state index in [-0.39, 0.29) is 5.91 Å². The molecule has 1 atom stereocenters. The minimum absolute atomic E-state index is 0.0609. The van der Waals surface area contributed by atoms with Gasteiger partial charge in [0.05, 0.1) is 17.1 Å². The molecule has 1 aliphatic rings. The normalized spacial score (nSPS) is 17.8. The summed E-state index contributed by atoms with van der Waals surface area (Å²) in [5.74, 6) is -0.0609. The number of likely N-dealkylation sites (tertiary alicyclic amines) is 1. The molecule has 2 aromatic rings. The molecule has 1 aliphatic heterocycles. The van der Waals surface area contributed by atoms with Crippen LogP contribution < -0.4 is 5.32 Å². The lowest BCUT2D eigenvalue weighted by molar-refractivity contribution is -0.117. The van der Waals surface area contributed by atoms with Crippen LogP contribution in [-0.4, -0.2) is 23.9 Å². The summed E-state index contributed by atoms with van der Waals surface area (Å²) in [6.07, 6.45) is 2.20. The Bertz CT molecular complexity index is 739. The van der Waals surface area contributed by atoms with Crippen LogP contribution in [0.2, 0.25) is 5.02 Å². The van der Waals surface area contributed by atoms with E-state index < -0.39 is 0 Å². The molecule has 1 amide bonds. The minimum atomic E-state index is -0.0609. The Labute approximate surface area is 144 Å². The highest BCUT2D eigenvalue weighted by Gasteiger charge is 2.28. The number of nitriles is 1. The van der Waals surface area contributed by atoms with Crippen molar-refractivity contribution in [3.05, 3.63) is 51.2 Å². The molecule has 23 heavy (non-hydrogen) atoms. The second-order valence-corrected chi connectivity index (χ2v) is 6.88. The topological polar surface area (TPSA) is 56.1 Å². The Morgan fingerprint density at radius 3 is 3.04 bits per heavy atom. The van der Waals surface area contributed by atoms with Crippen molar-refractivity contribution in [3.63, 3.8) is 0 Å². The zero-order valence-corrected chi connectivity index (χ0v) is 14.0. The van der Waals surface area contributed by atoms with Crippen molar-refractivity contribution < 1.29 is 4.79 Å². The van der Waals surface area contributed by atoms with Gasteiger partial charge >= 0.3 is 0 Å². The maximum absolute atomic E-state index is 12.3. The van der Waals surface area contributed by atoms with Gasteiger partial charge in [-0.05, 0) is 49.0 Å². The van der Waals surface area contributed by atoms with Crippen LogP contribution in [0.1, 0.15) is 29.3 Å². The van der Waals surface area contributed by atoms with E-state index in [4.69, 9.17) is 16.9 Å². The molecule has 118 valence electrons. The summed E-state index contributed by atoms with van der Waals surface area (Å²) in [5.41, 5.74) is 1.02. The van der Waals surface area contributed by atoms with Crippen LogP contribution in [-0.2, 0) is 4.79 Å². The van der Waals surface area contributed by atoms with Gasteiger partial charge in [-0.1, -0.05) is 17.7 Å². The lowest BCUT2D eigenvalue weighted by Crippen LogP contribution is -2.32. The van der Waals surface area contributed by atoms with E-state index in [9.17, 15) is 4.79 Å². The molecule has 0 radical (unpaired) electrons. The number of halogens is 1. The molecule has 1 aromatic heterocycles. The first-order valence-electron chi connectivity index (χ1n) is 7.44. The standard InChI is InChI=1S/C17H16ClN3OS/c18-14-9-13(6-5-12(14)10-19)20-17(22)11-21-7-1-3-15(21)16-4-2-8-23-16/h2,4-6,8-9,15H,1,3,7,11H2,(H,20,22). The highest BCUT2D eigenvalue weighted by molar-refractivity contribution is 7.10. The van der Waals surface area contributed by atoms with E-state index in [2.05, 4.69) is 27.7 Å². The van der Waals surface area contributed by atoms with Crippen LogP contribution in [0.25, 0.3) is 0 Å². The summed E-state index contributed by atoms with van der Waals surface area (Å²) in [6, 6.07) is 11.4. The zero-order chi connectivity index (χ0) is 16.2. The maximum Gasteiger partial charge on any atom is 0.238 e. The Hall–Kier alpha value is -1.87. The van der Waals surface area contributed by atoms with Crippen LogP contribution >= 0.6 is 22.9 Å². The average Bonchev–Trinajstić information content (AvgIpc) is 3.18. The minimum Gasteiger partial charge on any atom is -0.325 e. The lowest BCUT2D eigenvalue weighted by Gasteiger charge is -2.22. The molecule has 1 aromatic carbocycles. The molecule has 0 aliphatic carbocycles. The first-order chi connectivity index (χ1) is 11.2. The number of rotatable bonds is 4. The van der Waals surface area contributed by atoms with E-state index in [1.54, 1.807) is 29.5 Å². The average molecular weight is 346 g/mol. The summed E-state index contributed by atoms with van der Waals surface area (Å²) >= 11 is 7.73. The number of carbonyl (C=O) groups excluding carboxylic acids is 1. The van der Waals surface area contributed by atoms with Crippen LogP contribution in [0.5, 0.6) is 0 Å². The highest BCUT2D eigenvalue weighted by atomic mass is 35.5. The first kappa shape index (κ1) is 16.0. The summed E-state index contributed by atoms with van der Waals surface area (Å²) < 4.78 is 0. The number of amides is 1. The number of nitrogens with zero attached hydrogens (tertiary/aromatic N) is 2. The van der Waals surface area contributed by atoms with E-state index in [1.165, 1.54) is 4.88 Å². The fraction of sp³-hybridized carbons (Fsp3) is 0.294. The molecule has 6 heteroatoms. The summed E-state index contributed by atoms with van der Waals surface area (Å²) in [7, 11) is 0. The Balaban J connectivity index is 1.63. The van der Waals surface area contributed by atoms with E-state index >= 15 is 0 Å². The fourth-order valence-electron chi connectivity index (χ4n) is 2.89. The zero-order valence-electron chi connectivity index (χ0n) is 12.5. The largest absolute Gasteiger partial charge is 0.325 e. The summed E-state index contributed by atoms with van der Waals surface area (Å²) in [4.78, 5) is 15.8. The number of anilines is 1. The quantitative estimate of drug-likeness (QED) is 0.909. The van der Waals surface area contributed by atoms with E-state index in [0.29, 0.717) is 28.9 Å². The van der Waals surface area contributed by atoms with Gasteiger partial charge in [-0.2, -0.15) is 5.26 Å². The second kappa shape index (κ2) is 7.14. The van der Waals surface area contributed by atoms with Gasteiger partial charge < -0.3 is 5.32 Å². The van der Waals surface area contributed by atoms with Crippen molar-refractivity contribution >= 4 is 34.5 Å². The van der Waals surface area contributed by atoms with Gasteiger partial charge in [-0.15, -0.1) is 11.3 Å². The summed E-state index contributed by atoms with van der Waals surface area (Å²) in [6.45, 7) is 1.30. The fourth-order valence-corrected chi connectivity index (χ4v) is 4.01. The van der Waals surface area contributed by atoms with Crippen LogP contribution in [0.15, 0.2) is 35.7 Å².